The first-order chi connectivity index (χ1) is 18.4. The van der Waals surface area contributed by atoms with Crippen LogP contribution in [0.1, 0.15) is 28.7 Å². The third-order valence-electron chi connectivity index (χ3n) is 6.35. The van der Waals surface area contributed by atoms with Gasteiger partial charge in [-0.2, -0.15) is 0 Å². The maximum atomic E-state index is 13.5. The molecule has 0 unspecified atom stereocenters. The molecule has 3 heterocycles. The number of anilines is 1. The third kappa shape index (κ3) is 5.51. The van der Waals surface area contributed by atoms with Gasteiger partial charge in [0.25, 0.3) is 0 Å². The lowest BCUT2D eigenvalue weighted by Gasteiger charge is -2.34. The number of aromatic nitrogens is 5. The number of piperazine rings is 1. The van der Waals surface area contributed by atoms with Gasteiger partial charge in [-0.15, -0.1) is 5.10 Å². The monoisotopic (exact) mass is 535 g/mol. The molecule has 2 aromatic carbocycles. The van der Waals surface area contributed by atoms with E-state index in [1.807, 2.05) is 43.5 Å². The van der Waals surface area contributed by atoms with Crippen LogP contribution in [0.4, 0.5) is 10.3 Å². The molecule has 5 rings (SSSR count). The van der Waals surface area contributed by atoms with Gasteiger partial charge in [-0.3, -0.25) is 4.90 Å². The number of nitrogens with zero attached hydrogens (tertiary/aromatic N) is 7. The lowest BCUT2D eigenvalue weighted by Crippen LogP contribution is -2.46. The van der Waals surface area contributed by atoms with Gasteiger partial charge in [-0.25, -0.2) is 23.8 Å². The summed E-state index contributed by atoms with van der Waals surface area (Å²) in [6.07, 6.45) is 1.82. The highest BCUT2D eigenvalue weighted by atomic mass is 35.5. The van der Waals surface area contributed by atoms with Crippen molar-refractivity contribution in [3.05, 3.63) is 82.5 Å². The van der Waals surface area contributed by atoms with Crippen molar-refractivity contribution in [3.63, 3.8) is 0 Å². The standard InChI is InChI=1S/C27H27ClFN7O2/c1-3-38-26(37)24-18(2)30-27(31-25(24)19-7-5-4-6-8-19)35-13-11-34(12-14-35)16-20-17-36(33-32-20)21-9-10-23(29)22(28)15-21/h4-10,15,17H,3,11-14,16H2,1-2H3. The van der Waals surface area contributed by atoms with E-state index in [-0.39, 0.29) is 11.6 Å². The number of rotatable bonds is 7. The van der Waals surface area contributed by atoms with Gasteiger partial charge in [0.15, 0.2) is 0 Å². The van der Waals surface area contributed by atoms with Gasteiger partial charge in [0.1, 0.15) is 11.4 Å². The van der Waals surface area contributed by atoms with Crippen LogP contribution in [-0.2, 0) is 11.3 Å². The second kappa shape index (κ2) is 11.2. The first kappa shape index (κ1) is 25.7. The molecule has 0 spiro atoms. The highest BCUT2D eigenvalue weighted by molar-refractivity contribution is 6.30. The molecule has 0 amide bonds. The van der Waals surface area contributed by atoms with Crippen LogP contribution in [0.15, 0.2) is 54.7 Å². The van der Waals surface area contributed by atoms with Gasteiger partial charge >= 0.3 is 5.97 Å². The molecule has 11 heteroatoms. The Balaban J connectivity index is 1.29. The molecular weight excluding hydrogens is 509 g/mol. The van der Waals surface area contributed by atoms with Crippen LogP contribution >= 0.6 is 11.6 Å². The summed E-state index contributed by atoms with van der Waals surface area (Å²) >= 11 is 5.90. The van der Waals surface area contributed by atoms with Gasteiger partial charge in [0, 0.05) is 38.3 Å². The van der Waals surface area contributed by atoms with E-state index < -0.39 is 11.8 Å². The summed E-state index contributed by atoms with van der Waals surface area (Å²) in [5.41, 5.74) is 3.85. The molecule has 38 heavy (non-hydrogen) atoms. The summed E-state index contributed by atoms with van der Waals surface area (Å²) in [5.74, 6) is -0.302. The van der Waals surface area contributed by atoms with E-state index in [0.29, 0.717) is 48.2 Å². The number of hydrogen-bond donors (Lipinski definition) is 0. The molecule has 0 radical (unpaired) electrons. The van der Waals surface area contributed by atoms with Crippen LogP contribution in [-0.4, -0.2) is 68.6 Å². The molecule has 1 fully saturated rings. The van der Waals surface area contributed by atoms with Crippen LogP contribution in [0.5, 0.6) is 0 Å². The van der Waals surface area contributed by atoms with E-state index in [4.69, 9.17) is 21.3 Å². The number of carbonyl (C=O) groups is 1. The Morgan fingerprint density at radius 1 is 1.08 bits per heavy atom. The second-order valence-corrected chi connectivity index (χ2v) is 9.34. The van der Waals surface area contributed by atoms with Gasteiger partial charge in [0.2, 0.25) is 5.95 Å². The fourth-order valence-electron chi connectivity index (χ4n) is 4.41. The van der Waals surface area contributed by atoms with Gasteiger partial charge in [0.05, 0.1) is 40.6 Å². The number of benzene rings is 2. The van der Waals surface area contributed by atoms with Crippen molar-refractivity contribution < 1.29 is 13.9 Å². The molecule has 9 nitrogen and oxygen atoms in total. The summed E-state index contributed by atoms with van der Waals surface area (Å²) in [7, 11) is 0. The number of aryl methyl sites for hydroxylation is 1. The van der Waals surface area contributed by atoms with Crippen LogP contribution in [0.3, 0.4) is 0 Å². The summed E-state index contributed by atoms with van der Waals surface area (Å²) in [6, 6.07) is 14.1. The van der Waals surface area contributed by atoms with E-state index >= 15 is 0 Å². The second-order valence-electron chi connectivity index (χ2n) is 8.94. The first-order valence-corrected chi connectivity index (χ1v) is 12.8. The number of ether oxygens (including phenoxy) is 1. The minimum atomic E-state index is -0.473. The Morgan fingerprint density at radius 2 is 1.84 bits per heavy atom. The SMILES string of the molecule is CCOC(=O)c1c(C)nc(N2CCN(Cc3cn(-c4ccc(F)c(Cl)c4)nn3)CC2)nc1-c1ccccc1. The molecule has 0 saturated carbocycles. The molecule has 196 valence electrons. The van der Waals surface area contributed by atoms with E-state index in [9.17, 15) is 9.18 Å². The van der Waals surface area contributed by atoms with E-state index in [1.165, 1.54) is 12.1 Å². The van der Waals surface area contributed by atoms with Gasteiger partial charge < -0.3 is 9.64 Å². The summed E-state index contributed by atoms with van der Waals surface area (Å²) in [5, 5.41) is 8.47. The maximum Gasteiger partial charge on any atom is 0.342 e. The van der Waals surface area contributed by atoms with Crippen molar-refractivity contribution >= 4 is 23.5 Å². The maximum absolute atomic E-state index is 13.5. The average molecular weight is 536 g/mol. The molecule has 1 aliphatic heterocycles. The van der Waals surface area contributed by atoms with Crippen molar-refractivity contribution in [2.75, 3.05) is 37.7 Å². The zero-order valence-electron chi connectivity index (χ0n) is 21.1. The Kier molecular flexibility index (Phi) is 7.62. The lowest BCUT2D eigenvalue weighted by atomic mass is 10.0. The minimum Gasteiger partial charge on any atom is -0.462 e. The molecular formula is C27H27ClFN7O2. The van der Waals surface area contributed by atoms with Crippen molar-refractivity contribution in [1.29, 1.82) is 0 Å². The van der Waals surface area contributed by atoms with Crippen LogP contribution in [0.2, 0.25) is 5.02 Å². The highest BCUT2D eigenvalue weighted by Crippen LogP contribution is 2.27. The summed E-state index contributed by atoms with van der Waals surface area (Å²) in [4.78, 5) is 26.6. The molecule has 2 aromatic heterocycles. The fraction of sp³-hybridized carbons (Fsp3) is 0.296. The molecule has 0 aliphatic carbocycles. The fourth-order valence-corrected chi connectivity index (χ4v) is 4.59. The number of halogens is 2. The smallest absolute Gasteiger partial charge is 0.342 e. The number of carbonyl (C=O) groups excluding carboxylic acids is 1. The van der Waals surface area contributed by atoms with Crippen molar-refractivity contribution in [2.45, 2.75) is 20.4 Å². The Hall–Kier alpha value is -3.89. The number of hydrogen-bond acceptors (Lipinski definition) is 8. The molecule has 0 atom stereocenters. The van der Waals surface area contributed by atoms with Crippen molar-refractivity contribution in [2.24, 2.45) is 0 Å². The van der Waals surface area contributed by atoms with E-state index in [2.05, 4.69) is 25.1 Å². The van der Waals surface area contributed by atoms with Crippen LogP contribution < -0.4 is 4.90 Å². The quantitative estimate of drug-likeness (QED) is 0.323. The third-order valence-corrected chi connectivity index (χ3v) is 6.64. The highest BCUT2D eigenvalue weighted by Gasteiger charge is 2.25. The summed E-state index contributed by atoms with van der Waals surface area (Å²) in [6.45, 7) is 7.49. The van der Waals surface area contributed by atoms with Gasteiger partial charge in [-0.1, -0.05) is 47.1 Å². The minimum absolute atomic E-state index is 0.0406. The normalized spacial score (nSPS) is 14.1. The average Bonchev–Trinajstić information content (AvgIpc) is 3.39. The lowest BCUT2D eigenvalue weighted by molar-refractivity contribution is 0.0525. The summed E-state index contributed by atoms with van der Waals surface area (Å²) < 4.78 is 20.4. The topological polar surface area (TPSA) is 89.3 Å². The van der Waals surface area contributed by atoms with Crippen molar-refractivity contribution in [1.82, 2.24) is 29.9 Å². The Morgan fingerprint density at radius 3 is 2.55 bits per heavy atom. The zero-order chi connectivity index (χ0) is 26.6. The molecule has 0 N–H and O–H groups in total. The number of esters is 1. The van der Waals surface area contributed by atoms with E-state index in [0.717, 1.165) is 24.3 Å². The molecule has 0 bridgehead atoms. The van der Waals surface area contributed by atoms with E-state index in [1.54, 1.807) is 17.7 Å². The molecule has 1 aliphatic rings. The molecule has 4 aromatic rings. The Labute approximate surface area is 224 Å². The van der Waals surface area contributed by atoms with Crippen molar-refractivity contribution in [3.8, 4) is 16.9 Å². The molecule has 1 saturated heterocycles. The van der Waals surface area contributed by atoms with Gasteiger partial charge in [-0.05, 0) is 32.0 Å². The van der Waals surface area contributed by atoms with Crippen LogP contribution in [0.25, 0.3) is 16.9 Å². The largest absolute Gasteiger partial charge is 0.462 e. The first-order valence-electron chi connectivity index (χ1n) is 12.4. The van der Waals surface area contributed by atoms with Crippen LogP contribution in [0, 0.1) is 12.7 Å². The predicted octanol–water partition coefficient (Wildman–Crippen LogP) is 4.32. The zero-order valence-corrected chi connectivity index (χ0v) is 21.9. The predicted molar refractivity (Wildman–Crippen MR) is 142 cm³/mol. The Bertz CT molecular complexity index is 1440.